The van der Waals surface area contributed by atoms with Crippen molar-refractivity contribution in [3.05, 3.63) is 65.2 Å². The van der Waals surface area contributed by atoms with Crippen LogP contribution < -0.4 is 10.2 Å². The molecule has 108 valence electrons. The van der Waals surface area contributed by atoms with E-state index in [9.17, 15) is 4.79 Å². The lowest BCUT2D eigenvalue weighted by molar-refractivity contribution is 0.0955. The molecule has 21 heavy (non-hydrogen) atoms. The summed E-state index contributed by atoms with van der Waals surface area (Å²) in [6, 6.07) is 14.8. The Bertz CT molecular complexity index is 661. The zero-order valence-electron chi connectivity index (χ0n) is 12.4. The van der Waals surface area contributed by atoms with Gasteiger partial charge in [0.2, 0.25) is 0 Å². The topological polar surface area (TPSA) is 50.7 Å². The molecule has 0 unspecified atom stereocenters. The average molecular weight is 282 g/mol. The molecule has 0 fully saturated rings. The highest BCUT2D eigenvalue weighted by Gasteiger charge is 2.06. The number of methoxy groups -OCH3 is 1. The van der Waals surface area contributed by atoms with Crippen molar-refractivity contribution in [2.45, 2.75) is 13.8 Å². The Morgan fingerprint density at radius 3 is 2.38 bits per heavy atom. The fourth-order valence-electron chi connectivity index (χ4n) is 1.98. The van der Waals surface area contributed by atoms with Gasteiger partial charge >= 0.3 is 0 Å². The van der Waals surface area contributed by atoms with Crippen LogP contribution in [0.15, 0.2) is 53.6 Å². The Hall–Kier alpha value is -2.62. The van der Waals surface area contributed by atoms with Crippen molar-refractivity contribution in [1.29, 1.82) is 0 Å². The average Bonchev–Trinajstić information content (AvgIpc) is 2.52. The Labute approximate surface area is 124 Å². The molecular formula is C17H18N2O2. The van der Waals surface area contributed by atoms with Crippen LogP contribution in [0.1, 0.15) is 28.4 Å². The van der Waals surface area contributed by atoms with Crippen LogP contribution in [-0.4, -0.2) is 18.7 Å². The standard InChI is InChI=1S/C17H18N2O2/c1-12-6-4-5-7-16(12)13(2)18-19-17(20)14-8-10-15(21-3)11-9-14/h4-11H,1-3H3,(H,19,20)/b18-13-. The zero-order valence-corrected chi connectivity index (χ0v) is 12.4. The number of aryl methyl sites for hydroxylation is 1. The third kappa shape index (κ3) is 3.69. The Kier molecular flexibility index (Phi) is 4.72. The fourth-order valence-corrected chi connectivity index (χ4v) is 1.98. The predicted octanol–water partition coefficient (Wildman–Crippen LogP) is 3.16. The van der Waals surface area contributed by atoms with E-state index >= 15 is 0 Å². The number of carbonyl (C=O) groups excluding carboxylic acids is 1. The third-order valence-electron chi connectivity index (χ3n) is 3.21. The van der Waals surface area contributed by atoms with E-state index in [0.29, 0.717) is 11.3 Å². The van der Waals surface area contributed by atoms with Crippen LogP contribution in [0.5, 0.6) is 5.75 Å². The molecule has 0 aliphatic heterocycles. The van der Waals surface area contributed by atoms with Gasteiger partial charge in [0.25, 0.3) is 5.91 Å². The summed E-state index contributed by atoms with van der Waals surface area (Å²) in [6.45, 7) is 3.89. The van der Waals surface area contributed by atoms with Crippen molar-refractivity contribution >= 4 is 11.6 Å². The smallest absolute Gasteiger partial charge is 0.271 e. The summed E-state index contributed by atoms with van der Waals surface area (Å²) >= 11 is 0. The highest BCUT2D eigenvalue weighted by molar-refractivity contribution is 6.01. The molecule has 2 rings (SSSR count). The van der Waals surface area contributed by atoms with Gasteiger partial charge in [0, 0.05) is 11.1 Å². The maximum atomic E-state index is 12.0. The summed E-state index contributed by atoms with van der Waals surface area (Å²) in [6.07, 6.45) is 0. The van der Waals surface area contributed by atoms with Crippen molar-refractivity contribution in [3.63, 3.8) is 0 Å². The summed E-state index contributed by atoms with van der Waals surface area (Å²) in [4.78, 5) is 12.0. The molecule has 4 nitrogen and oxygen atoms in total. The van der Waals surface area contributed by atoms with Gasteiger partial charge in [0.1, 0.15) is 5.75 Å². The molecule has 2 aromatic rings. The Morgan fingerprint density at radius 1 is 1.10 bits per heavy atom. The van der Waals surface area contributed by atoms with Crippen LogP contribution in [-0.2, 0) is 0 Å². The van der Waals surface area contributed by atoms with Crippen LogP contribution in [0.4, 0.5) is 0 Å². The van der Waals surface area contributed by atoms with E-state index in [1.807, 2.05) is 38.1 Å². The van der Waals surface area contributed by atoms with Gasteiger partial charge < -0.3 is 4.74 Å². The lowest BCUT2D eigenvalue weighted by Crippen LogP contribution is -2.19. The first kappa shape index (κ1) is 14.8. The van der Waals surface area contributed by atoms with Gasteiger partial charge in [-0.25, -0.2) is 5.43 Å². The number of carbonyl (C=O) groups is 1. The number of hydrogen-bond donors (Lipinski definition) is 1. The number of amides is 1. The first-order chi connectivity index (χ1) is 10.1. The maximum Gasteiger partial charge on any atom is 0.271 e. The van der Waals surface area contributed by atoms with E-state index in [4.69, 9.17) is 4.74 Å². The molecule has 0 aliphatic rings. The van der Waals surface area contributed by atoms with Gasteiger partial charge in [-0.3, -0.25) is 4.79 Å². The Morgan fingerprint density at radius 2 is 1.76 bits per heavy atom. The second-order valence-corrected chi connectivity index (χ2v) is 4.68. The molecule has 2 aromatic carbocycles. The first-order valence-corrected chi connectivity index (χ1v) is 6.66. The van der Waals surface area contributed by atoms with Gasteiger partial charge in [-0.15, -0.1) is 0 Å². The van der Waals surface area contributed by atoms with Gasteiger partial charge in [0.15, 0.2) is 0 Å². The van der Waals surface area contributed by atoms with Crippen LogP contribution >= 0.6 is 0 Å². The number of nitrogens with one attached hydrogen (secondary N) is 1. The lowest BCUT2D eigenvalue weighted by atomic mass is 10.1. The quantitative estimate of drug-likeness (QED) is 0.691. The monoisotopic (exact) mass is 282 g/mol. The predicted molar refractivity (Wildman–Crippen MR) is 83.9 cm³/mol. The molecule has 0 aliphatic carbocycles. The van der Waals surface area contributed by atoms with Gasteiger partial charge in [-0.1, -0.05) is 24.3 Å². The highest BCUT2D eigenvalue weighted by atomic mass is 16.5. The van der Waals surface area contributed by atoms with E-state index < -0.39 is 0 Å². The minimum atomic E-state index is -0.245. The summed E-state index contributed by atoms with van der Waals surface area (Å²) in [5.41, 5.74) is 6.03. The number of ether oxygens (including phenoxy) is 1. The van der Waals surface area contributed by atoms with Gasteiger partial charge in [0.05, 0.1) is 12.8 Å². The van der Waals surface area contributed by atoms with E-state index in [1.165, 1.54) is 0 Å². The fraction of sp³-hybridized carbons (Fsp3) is 0.176. The summed E-state index contributed by atoms with van der Waals surface area (Å²) in [5, 5.41) is 4.16. The van der Waals surface area contributed by atoms with Crippen LogP contribution in [0.3, 0.4) is 0 Å². The van der Waals surface area contributed by atoms with E-state index in [0.717, 1.165) is 16.8 Å². The number of nitrogens with zero attached hydrogens (tertiary/aromatic N) is 1. The molecule has 0 spiro atoms. The van der Waals surface area contributed by atoms with Gasteiger partial charge in [-0.2, -0.15) is 5.10 Å². The van der Waals surface area contributed by atoms with Crippen molar-refractivity contribution in [3.8, 4) is 5.75 Å². The molecule has 1 N–H and O–H groups in total. The second kappa shape index (κ2) is 6.70. The second-order valence-electron chi connectivity index (χ2n) is 4.68. The molecule has 0 saturated heterocycles. The molecule has 0 atom stereocenters. The van der Waals surface area contributed by atoms with E-state index in [-0.39, 0.29) is 5.91 Å². The molecule has 0 aromatic heterocycles. The minimum Gasteiger partial charge on any atom is -0.497 e. The van der Waals surface area contributed by atoms with Crippen LogP contribution in [0.2, 0.25) is 0 Å². The molecule has 4 heteroatoms. The summed E-state index contributed by atoms with van der Waals surface area (Å²) in [5.74, 6) is 0.469. The molecule has 0 bridgehead atoms. The van der Waals surface area contributed by atoms with E-state index in [2.05, 4.69) is 10.5 Å². The summed E-state index contributed by atoms with van der Waals surface area (Å²) in [7, 11) is 1.59. The Balaban J connectivity index is 2.09. The number of benzene rings is 2. The lowest BCUT2D eigenvalue weighted by Gasteiger charge is -2.06. The van der Waals surface area contributed by atoms with Crippen LogP contribution in [0.25, 0.3) is 0 Å². The first-order valence-electron chi connectivity index (χ1n) is 6.66. The zero-order chi connectivity index (χ0) is 15.2. The summed E-state index contributed by atoms with van der Waals surface area (Å²) < 4.78 is 5.06. The normalized spacial score (nSPS) is 11.1. The highest BCUT2D eigenvalue weighted by Crippen LogP contribution is 2.11. The van der Waals surface area contributed by atoms with Crippen molar-refractivity contribution in [2.24, 2.45) is 5.10 Å². The van der Waals surface area contributed by atoms with Crippen molar-refractivity contribution in [2.75, 3.05) is 7.11 Å². The van der Waals surface area contributed by atoms with Crippen LogP contribution in [0, 0.1) is 6.92 Å². The number of rotatable bonds is 4. The third-order valence-corrected chi connectivity index (χ3v) is 3.21. The largest absolute Gasteiger partial charge is 0.497 e. The minimum absolute atomic E-state index is 0.245. The molecule has 0 radical (unpaired) electrons. The van der Waals surface area contributed by atoms with E-state index in [1.54, 1.807) is 31.4 Å². The number of hydrazone groups is 1. The van der Waals surface area contributed by atoms with Gasteiger partial charge in [-0.05, 0) is 43.7 Å². The molecule has 1 amide bonds. The number of hydrogen-bond acceptors (Lipinski definition) is 3. The van der Waals surface area contributed by atoms with Crippen molar-refractivity contribution < 1.29 is 9.53 Å². The maximum absolute atomic E-state index is 12.0. The molecule has 0 saturated carbocycles. The molecular weight excluding hydrogens is 264 g/mol. The molecule has 0 heterocycles. The van der Waals surface area contributed by atoms with Crippen molar-refractivity contribution in [1.82, 2.24) is 5.43 Å². The SMILES string of the molecule is COc1ccc(C(=O)N/N=C(/C)c2ccccc2C)cc1.